The summed E-state index contributed by atoms with van der Waals surface area (Å²) in [6, 6.07) is 7.50. The minimum Gasteiger partial charge on any atom is -0.496 e. The Balaban J connectivity index is 2.67. The number of nitrogens with one attached hydrogen (secondary N) is 1. The SMILES string of the molecule is CCCS(=O)(=O)N[C@H](C)Cc1ccccc1OC. The van der Waals surface area contributed by atoms with Gasteiger partial charge in [-0.3, -0.25) is 0 Å². The lowest BCUT2D eigenvalue weighted by atomic mass is 10.1. The van der Waals surface area contributed by atoms with Crippen LogP contribution in [0, 0.1) is 0 Å². The molecule has 0 saturated carbocycles. The highest BCUT2D eigenvalue weighted by Gasteiger charge is 2.15. The number of sulfonamides is 1. The van der Waals surface area contributed by atoms with Gasteiger partial charge in [-0.25, -0.2) is 13.1 Å². The number of methoxy groups -OCH3 is 1. The molecule has 0 spiro atoms. The third kappa shape index (κ3) is 4.66. The molecular weight excluding hydrogens is 250 g/mol. The standard InChI is InChI=1S/C13H21NO3S/c1-4-9-18(15,16)14-11(2)10-12-7-5-6-8-13(12)17-3/h5-8,11,14H,4,9-10H2,1-3H3/t11-/m1/s1. The van der Waals surface area contributed by atoms with Crippen molar-refractivity contribution in [3.63, 3.8) is 0 Å². The molecule has 4 nitrogen and oxygen atoms in total. The van der Waals surface area contributed by atoms with Crippen LogP contribution in [-0.2, 0) is 16.4 Å². The number of hydrogen-bond donors (Lipinski definition) is 1. The second-order valence-corrected chi connectivity index (χ2v) is 6.23. The summed E-state index contributed by atoms with van der Waals surface area (Å²) >= 11 is 0. The minimum absolute atomic E-state index is 0.141. The van der Waals surface area contributed by atoms with E-state index in [-0.39, 0.29) is 11.8 Å². The van der Waals surface area contributed by atoms with Crippen molar-refractivity contribution >= 4 is 10.0 Å². The van der Waals surface area contributed by atoms with Gasteiger partial charge in [0.15, 0.2) is 0 Å². The van der Waals surface area contributed by atoms with E-state index in [2.05, 4.69) is 4.72 Å². The predicted molar refractivity (Wildman–Crippen MR) is 73.4 cm³/mol. The summed E-state index contributed by atoms with van der Waals surface area (Å²) in [5, 5.41) is 0. The Hall–Kier alpha value is -1.07. The highest BCUT2D eigenvalue weighted by molar-refractivity contribution is 7.89. The van der Waals surface area contributed by atoms with Gasteiger partial charge in [0.2, 0.25) is 10.0 Å². The molecule has 0 radical (unpaired) electrons. The second kappa shape index (κ2) is 6.75. The van der Waals surface area contributed by atoms with Crippen LogP contribution in [0.1, 0.15) is 25.8 Å². The van der Waals surface area contributed by atoms with E-state index < -0.39 is 10.0 Å². The van der Waals surface area contributed by atoms with Gasteiger partial charge in [0.25, 0.3) is 0 Å². The Morgan fingerprint density at radius 1 is 1.33 bits per heavy atom. The average Bonchev–Trinajstić information content (AvgIpc) is 2.28. The maximum absolute atomic E-state index is 11.6. The topological polar surface area (TPSA) is 55.4 Å². The van der Waals surface area contributed by atoms with Crippen molar-refractivity contribution < 1.29 is 13.2 Å². The van der Waals surface area contributed by atoms with Gasteiger partial charge in [0.05, 0.1) is 12.9 Å². The molecule has 0 fully saturated rings. The zero-order valence-corrected chi connectivity index (χ0v) is 12.0. The molecule has 1 rings (SSSR count). The van der Waals surface area contributed by atoms with Gasteiger partial charge in [-0.05, 0) is 31.4 Å². The van der Waals surface area contributed by atoms with E-state index in [4.69, 9.17) is 4.74 Å². The van der Waals surface area contributed by atoms with Crippen molar-refractivity contribution in [2.24, 2.45) is 0 Å². The number of benzene rings is 1. The number of hydrogen-bond acceptors (Lipinski definition) is 3. The summed E-state index contributed by atoms with van der Waals surface area (Å²) in [6.07, 6.45) is 1.24. The Labute approximate surface area is 109 Å². The summed E-state index contributed by atoms with van der Waals surface area (Å²) in [7, 11) is -1.55. The first-order chi connectivity index (χ1) is 8.48. The largest absolute Gasteiger partial charge is 0.496 e. The molecule has 5 heteroatoms. The molecule has 1 aromatic carbocycles. The lowest BCUT2D eigenvalue weighted by molar-refractivity contribution is 0.407. The van der Waals surface area contributed by atoms with Crippen LogP contribution in [0.25, 0.3) is 0 Å². The zero-order chi connectivity index (χ0) is 13.6. The molecule has 102 valence electrons. The monoisotopic (exact) mass is 271 g/mol. The van der Waals surface area contributed by atoms with E-state index in [1.807, 2.05) is 38.1 Å². The first kappa shape index (κ1) is 15.0. The van der Waals surface area contributed by atoms with E-state index in [9.17, 15) is 8.42 Å². The smallest absolute Gasteiger partial charge is 0.211 e. The highest BCUT2D eigenvalue weighted by Crippen LogP contribution is 2.18. The van der Waals surface area contributed by atoms with Gasteiger partial charge in [-0.15, -0.1) is 0 Å². The van der Waals surface area contributed by atoms with E-state index in [1.165, 1.54) is 0 Å². The Kier molecular flexibility index (Phi) is 5.62. The van der Waals surface area contributed by atoms with Crippen molar-refractivity contribution in [2.75, 3.05) is 12.9 Å². The van der Waals surface area contributed by atoms with Crippen LogP contribution in [-0.4, -0.2) is 27.3 Å². The van der Waals surface area contributed by atoms with Gasteiger partial charge >= 0.3 is 0 Å². The second-order valence-electron chi connectivity index (χ2n) is 4.35. The summed E-state index contributed by atoms with van der Waals surface area (Å²) < 4.78 is 31.2. The molecule has 0 aromatic heterocycles. The molecule has 0 saturated heterocycles. The molecular formula is C13H21NO3S. The first-order valence-corrected chi connectivity index (χ1v) is 7.75. The summed E-state index contributed by atoms with van der Waals surface area (Å²) in [5.41, 5.74) is 1.01. The van der Waals surface area contributed by atoms with Gasteiger partial charge < -0.3 is 4.74 Å². The van der Waals surface area contributed by atoms with Crippen LogP contribution < -0.4 is 9.46 Å². The Morgan fingerprint density at radius 3 is 2.61 bits per heavy atom. The molecule has 0 aliphatic heterocycles. The fourth-order valence-corrected chi connectivity index (χ4v) is 3.23. The third-order valence-electron chi connectivity index (χ3n) is 2.57. The number of rotatable bonds is 7. The van der Waals surface area contributed by atoms with Crippen molar-refractivity contribution in [3.05, 3.63) is 29.8 Å². The highest BCUT2D eigenvalue weighted by atomic mass is 32.2. The first-order valence-electron chi connectivity index (χ1n) is 6.10. The van der Waals surface area contributed by atoms with Crippen LogP contribution in [0.3, 0.4) is 0 Å². The van der Waals surface area contributed by atoms with Gasteiger partial charge in [-0.2, -0.15) is 0 Å². The van der Waals surface area contributed by atoms with Crippen LogP contribution in [0.4, 0.5) is 0 Å². The molecule has 1 aromatic rings. The van der Waals surface area contributed by atoms with Crippen molar-refractivity contribution in [2.45, 2.75) is 32.7 Å². The van der Waals surface area contributed by atoms with E-state index in [0.717, 1.165) is 11.3 Å². The third-order valence-corrected chi connectivity index (χ3v) is 4.28. The molecule has 0 unspecified atom stereocenters. The maximum atomic E-state index is 11.6. The van der Waals surface area contributed by atoms with Gasteiger partial charge in [0, 0.05) is 6.04 Å². The average molecular weight is 271 g/mol. The predicted octanol–water partition coefficient (Wildman–Crippen LogP) is 1.96. The normalized spacial score (nSPS) is 13.3. The fraction of sp³-hybridized carbons (Fsp3) is 0.538. The van der Waals surface area contributed by atoms with Gasteiger partial charge in [0.1, 0.15) is 5.75 Å². The lowest BCUT2D eigenvalue weighted by Gasteiger charge is -2.15. The van der Waals surface area contributed by atoms with Crippen molar-refractivity contribution in [3.8, 4) is 5.75 Å². The molecule has 0 heterocycles. The number of para-hydroxylation sites is 1. The lowest BCUT2D eigenvalue weighted by Crippen LogP contribution is -2.35. The van der Waals surface area contributed by atoms with Crippen LogP contribution in [0.2, 0.25) is 0 Å². The molecule has 1 N–H and O–H groups in total. The molecule has 0 aliphatic rings. The fourth-order valence-electron chi connectivity index (χ4n) is 1.88. The quantitative estimate of drug-likeness (QED) is 0.824. The van der Waals surface area contributed by atoms with E-state index >= 15 is 0 Å². The minimum atomic E-state index is -3.16. The molecule has 0 bridgehead atoms. The zero-order valence-electron chi connectivity index (χ0n) is 11.1. The van der Waals surface area contributed by atoms with Crippen molar-refractivity contribution in [1.29, 1.82) is 0 Å². The maximum Gasteiger partial charge on any atom is 0.211 e. The van der Waals surface area contributed by atoms with Crippen LogP contribution in [0.5, 0.6) is 5.75 Å². The van der Waals surface area contributed by atoms with Crippen molar-refractivity contribution in [1.82, 2.24) is 4.72 Å². The van der Waals surface area contributed by atoms with E-state index in [0.29, 0.717) is 12.8 Å². The molecule has 0 aliphatic carbocycles. The Morgan fingerprint density at radius 2 is 2.00 bits per heavy atom. The number of ether oxygens (including phenoxy) is 1. The molecule has 1 atom stereocenters. The summed E-state index contributed by atoms with van der Waals surface area (Å²) in [4.78, 5) is 0. The summed E-state index contributed by atoms with van der Waals surface area (Å²) in [6.45, 7) is 3.71. The molecule has 18 heavy (non-hydrogen) atoms. The summed E-state index contributed by atoms with van der Waals surface area (Å²) in [5.74, 6) is 0.961. The Bertz CT molecular complexity index is 471. The van der Waals surface area contributed by atoms with Crippen LogP contribution >= 0.6 is 0 Å². The van der Waals surface area contributed by atoms with E-state index in [1.54, 1.807) is 7.11 Å². The van der Waals surface area contributed by atoms with Gasteiger partial charge in [-0.1, -0.05) is 25.1 Å². The molecule has 0 amide bonds. The van der Waals surface area contributed by atoms with Crippen LogP contribution in [0.15, 0.2) is 24.3 Å².